The molecule has 0 saturated carbocycles. The monoisotopic (exact) mass is 633 g/mol. The van der Waals surface area contributed by atoms with Crippen molar-refractivity contribution in [2.45, 2.75) is 10.1 Å². The minimum absolute atomic E-state index is 0.102. The second kappa shape index (κ2) is 14.0. The maximum atomic E-state index is 13.6. The van der Waals surface area contributed by atoms with Crippen LogP contribution in [0, 0.1) is 0 Å². The number of carbonyl (C=O) groups excluding carboxylic acids is 3. The van der Waals surface area contributed by atoms with Gasteiger partial charge in [-0.2, -0.15) is 11.3 Å². The van der Waals surface area contributed by atoms with Gasteiger partial charge in [-0.05, 0) is 76.5 Å². The highest BCUT2D eigenvalue weighted by Crippen LogP contribution is 2.39. The lowest BCUT2D eigenvalue weighted by atomic mass is 10.1. The Morgan fingerprint density at radius 3 is 2.31 bits per heavy atom. The highest BCUT2D eigenvalue weighted by molar-refractivity contribution is 8.00. The van der Waals surface area contributed by atoms with E-state index in [1.54, 1.807) is 66.7 Å². The van der Waals surface area contributed by atoms with Crippen LogP contribution in [0.4, 0.5) is 11.4 Å². The zero-order chi connectivity index (χ0) is 31.0. The van der Waals surface area contributed by atoms with Gasteiger partial charge in [0.1, 0.15) is 10.9 Å². The number of nitrogens with one attached hydrogen (secondary N) is 3. The van der Waals surface area contributed by atoms with E-state index in [-0.39, 0.29) is 18.4 Å². The number of hydrogen-bond donors (Lipinski definition) is 3. The molecule has 2 heterocycles. The minimum atomic E-state index is -0.596. The molecule has 0 aliphatic carbocycles. The number of ether oxygens (including phenoxy) is 2. The third-order valence-electron chi connectivity index (χ3n) is 6.71. The first-order chi connectivity index (χ1) is 22.0. The average molecular weight is 634 g/mol. The van der Waals surface area contributed by atoms with Gasteiger partial charge >= 0.3 is 0 Å². The molecule has 5 aromatic rings. The molecule has 1 aliphatic rings. The zero-order valence-electron chi connectivity index (χ0n) is 23.8. The molecule has 3 N–H and O–H groups in total. The SMILES string of the molecule is O=C(Nc1cccc(SC(C(=O)Nc2ccc3c(c2)OCO3)c2ccccc2)c1)/C(=C/c1ccsc1)NC(=O)c1ccccc1. The van der Waals surface area contributed by atoms with Crippen LogP contribution in [0.2, 0.25) is 0 Å². The third-order valence-corrected chi connectivity index (χ3v) is 8.66. The summed E-state index contributed by atoms with van der Waals surface area (Å²) in [7, 11) is 0. The van der Waals surface area contributed by atoms with Gasteiger partial charge in [-0.3, -0.25) is 14.4 Å². The second-order valence-corrected chi connectivity index (χ2v) is 11.8. The summed E-state index contributed by atoms with van der Waals surface area (Å²) in [6.45, 7) is 0.146. The van der Waals surface area contributed by atoms with Crippen LogP contribution < -0.4 is 25.4 Å². The highest BCUT2D eigenvalue weighted by atomic mass is 32.2. The van der Waals surface area contributed by atoms with E-state index >= 15 is 0 Å². The predicted molar refractivity (Wildman–Crippen MR) is 178 cm³/mol. The van der Waals surface area contributed by atoms with Crippen LogP contribution in [0.15, 0.2) is 131 Å². The number of anilines is 2. The van der Waals surface area contributed by atoms with E-state index < -0.39 is 17.1 Å². The fourth-order valence-electron chi connectivity index (χ4n) is 4.53. The molecule has 45 heavy (non-hydrogen) atoms. The molecule has 0 radical (unpaired) electrons. The van der Waals surface area contributed by atoms with Crippen LogP contribution in [0.25, 0.3) is 6.08 Å². The number of fused-ring (bicyclic) bond motifs is 1. The molecule has 1 aromatic heterocycles. The molecule has 10 heteroatoms. The standard InChI is InChI=1S/C35H27N3O5S2/c39-33(25-10-5-2-6-11-25)38-29(18-23-16-17-44-21-23)34(40)36-26-12-7-13-28(19-26)45-32(24-8-3-1-4-9-24)35(41)37-27-14-15-30-31(20-27)43-22-42-30/h1-21,32H,22H2,(H,36,40)(H,37,41)(H,38,39)/b29-18-. The first-order valence-electron chi connectivity index (χ1n) is 14.0. The molecular weight excluding hydrogens is 607 g/mol. The molecule has 0 spiro atoms. The average Bonchev–Trinajstić information content (AvgIpc) is 3.76. The number of carbonyl (C=O) groups is 3. The van der Waals surface area contributed by atoms with Crippen LogP contribution >= 0.6 is 23.1 Å². The largest absolute Gasteiger partial charge is 0.454 e. The van der Waals surface area contributed by atoms with Gasteiger partial charge < -0.3 is 25.4 Å². The smallest absolute Gasteiger partial charge is 0.272 e. The summed E-state index contributed by atoms with van der Waals surface area (Å²) in [6, 6.07) is 32.6. The molecule has 8 nitrogen and oxygen atoms in total. The Morgan fingerprint density at radius 2 is 1.53 bits per heavy atom. The van der Waals surface area contributed by atoms with Crippen molar-refractivity contribution in [3.8, 4) is 11.5 Å². The molecule has 3 amide bonds. The number of rotatable bonds is 10. The Labute approximate surface area is 268 Å². The van der Waals surface area contributed by atoms with Gasteiger partial charge in [0, 0.05) is 27.9 Å². The summed E-state index contributed by atoms with van der Waals surface area (Å²) in [6.07, 6.45) is 1.64. The Bertz CT molecular complexity index is 1840. The fraction of sp³-hybridized carbons (Fsp3) is 0.0571. The lowest BCUT2D eigenvalue weighted by molar-refractivity contribution is -0.116. The van der Waals surface area contributed by atoms with Gasteiger partial charge in [-0.1, -0.05) is 54.6 Å². The molecule has 1 atom stereocenters. The van der Waals surface area contributed by atoms with E-state index in [1.165, 1.54) is 23.1 Å². The summed E-state index contributed by atoms with van der Waals surface area (Å²) >= 11 is 2.84. The summed E-state index contributed by atoms with van der Waals surface area (Å²) < 4.78 is 10.8. The molecule has 0 saturated heterocycles. The maximum Gasteiger partial charge on any atom is 0.272 e. The quantitative estimate of drug-likeness (QED) is 0.110. The summed E-state index contributed by atoms with van der Waals surface area (Å²) in [5, 5.41) is 11.8. The van der Waals surface area contributed by atoms with Crippen molar-refractivity contribution >= 4 is 58.3 Å². The van der Waals surface area contributed by atoms with Crippen molar-refractivity contribution in [2.24, 2.45) is 0 Å². The van der Waals surface area contributed by atoms with Gasteiger partial charge in [0.15, 0.2) is 11.5 Å². The van der Waals surface area contributed by atoms with Crippen LogP contribution in [-0.4, -0.2) is 24.5 Å². The normalized spacial score (nSPS) is 12.7. The molecule has 0 bridgehead atoms. The van der Waals surface area contributed by atoms with Gasteiger partial charge in [-0.25, -0.2) is 0 Å². The van der Waals surface area contributed by atoms with Crippen molar-refractivity contribution in [3.05, 3.63) is 142 Å². The van der Waals surface area contributed by atoms with E-state index in [1.807, 2.05) is 59.3 Å². The fourth-order valence-corrected chi connectivity index (χ4v) is 6.23. The number of amides is 3. The van der Waals surface area contributed by atoms with Crippen molar-refractivity contribution in [2.75, 3.05) is 17.4 Å². The Morgan fingerprint density at radius 1 is 0.778 bits per heavy atom. The number of hydrogen-bond acceptors (Lipinski definition) is 7. The van der Waals surface area contributed by atoms with E-state index in [9.17, 15) is 14.4 Å². The molecule has 224 valence electrons. The van der Waals surface area contributed by atoms with Gasteiger partial charge in [-0.15, -0.1) is 11.8 Å². The lowest BCUT2D eigenvalue weighted by Gasteiger charge is -2.18. The van der Waals surface area contributed by atoms with Crippen LogP contribution in [0.3, 0.4) is 0 Å². The second-order valence-electron chi connectivity index (χ2n) is 9.88. The van der Waals surface area contributed by atoms with Crippen LogP contribution in [0.1, 0.15) is 26.7 Å². The first-order valence-corrected chi connectivity index (χ1v) is 15.8. The first kappa shape index (κ1) is 29.7. The maximum absolute atomic E-state index is 13.6. The molecule has 6 rings (SSSR count). The Balaban J connectivity index is 1.20. The Kier molecular flexibility index (Phi) is 9.24. The predicted octanol–water partition coefficient (Wildman–Crippen LogP) is 7.36. The van der Waals surface area contributed by atoms with Gasteiger partial charge in [0.25, 0.3) is 11.8 Å². The van der Waals surface area contributed by atoms with Crippen LogP contribution in [-0.2, 0) is 9.59 Å². The van der Waals surface area contributed by atoms with Crippen molar-refractivity contribution in [1.82, 2.24) is 5.32 Å². The number of thioether (sulfide) groups is 1. The molecule has 1 unspecified atom stereocenters. The molecule has 0 fully saturated rings. The minimum Gasteiger partial charge on any atom is -0.454 e. The topological polar surface area (TPSA) is 106 Å². The summed E-state index contributed by atoms with van der Waals surface area (Å²) in [5.41, 5.74) is 3.26. The molecule has 1 aliphatic heterocycles. The van der Waals surface area contributed by atoms with Gasteiger partial charge in [0.05, 0.1) is 0 Å². The van der Waals surface area contributed by atoms with Crippen molar-refractivity contribution < 1.29 is 23.9 Å². The Hall–Kier alpha value is -5.32. The van der Waals surface area contributed by atoms with Crippen molar-refractivity contribution in [1.29, 1.82) is 0 Å². The van der Waals surface area contributed by atoms with Crippen LogP contribution in [0.5, 0.6) is 11.5 Å². The number of thiophene rings is 1. The number of benzene rings is 4. The van der Waals surface area contributed by atoms with E-state index in [4.69, 9.17) is 9.47 Å². The van der Waals surface area contributed by atoms with Crippen molar-refractivity contribution in [3.63, 3.8) is 0 Å². The summed E-state index contributed by atoms with van der Waals surface area (Å²) in [4.78, 5) is 40.8. The van der Waals surface area contributed by atoms with E-state index in [0.29, 0.717) is 28.4 Å². The molecule has 4 aromatic carbocycles. The lowest BCUT2D eigenvalue weighted by Crippen LogP contribution is -2.30. The third kappa shape index (κ3) is 7.61. The molecular formula is C35H27N3O5S2. The highest BCUT2D eigenvalue weighted by Gasteiger charge is 2.24. The van der Waals surface area contributed by atoms with E-state index in [0.717, 1.165) is 16.0 Å². The van der Waals surface area contributed by atoms with E-state index in [2.05, 4.69) is 16.0 Å². The zero-order valence-corrected chi connectivity index (χ0v) is 25.4. The van der Waals surface area contributed by atoms with Gasteiger partial charge in [0.2, 0.25) is 12.7 Å². The summed E-state index contributed by atoms with van der Waals surface area (Å²) in [5.74, 6) is 0.119.